The Labute approximate surface area is 329 Å². The summed E-state index contributed by atoms with van der Waals surface area (Å²) in [4.78, 5) is 80.5. The Kier molecular flexibility index (Phi) is 14.6. The molecular weight excluding hydrogens is 745 g/mol. The van der Waals surface area contributed by atoms with E-state index in [0.29, 0.717) is 34.2 Å². The number of hydrogen-bond donors (Lipinski definition) is 4. The summed E-state index contributed by atoms with van der Waals surface area (Å²) in [6, 6.07) is 16.2. The summed E-state index contributed by atoms with van der Waals surface area (Å²) in [7, 11) is 4.17. The predicted octanol–water partition coefficient (Wildman–Crippen LogP) is 3.79. The van der Waals surface area contributed by atoms with Crippen LogP contribution in [-0.4, -0.2) is 88.3 Å². The third-order valence-electron chi connectivity index (χ3n) is 8.29. The van der Waals surface area contributed by atoms with Crippen LogP contribution < -0.4 is 40.5 Å². The number of carbonyl (C=O) groups excluding carboxylic acids is 6. The molecule has 0 saturated carbocycles. The summed E-state index contributed by atoms with van der Waals surface area (Å²) in [5.74, 6) is -2.28. The highest BCUT2D eigenvalue weighted by Crippen LogP contribution is 2.57. The first kappa shape index (κ1) is 42.8. The third kappa shape index (κ3) is 11.1. The molecular formula is C39H48N6O10S. The van der Waals surface area contributed by atoms with Crippen LogP contribution in [0.1, 0.15) is 45.7 Å². The molecule has 4 N–H and O–H groups in total. The Morgan fingerprint density at radius 2 is 1.45 bits per heavy atom. The van der Waals surface area contributed by atoms with Crippen molar-refractivity contribution in [1.29, 1.82) is 0 Å². The van der Waals surface area contributed by atoms with Crippen molar-refractivity contribution in [3.05, 3.63) is 65.7 Å². The maximum Gasteiger partial charge on any atom is 0.407 e. The Morgan fingerprint density at radius 3 is 2.05 bits per heavy atom. The molecule has 17 heteroatoms. The SMILES string of the molecule is COC(=O)CNC(=O)[C@H](C)NC(=O)CNC(=O)CN(C(C)=O)c1c(OC)ccc2c1Sc1c(ccc(OC)c1CNC(=O)OC(C)(C)C)N2Cc1ccccc1. The van der Waals surface area contributed by atoms with Crippen molar-refractivity contribution in [3.63, 3.8) is 0 Å². The van der Waals surface area contributed by atoms with Gasteiger partial charge in [0.15, 0.2) is 0 Å². The molecule has 3 aromatic carbocycles. The second kappa shape index (κ2) is 19.1. The number of carbonyl (C=O) groups is 6. The van der Waals surface area contributed by atoms with Crippen LogP contribution in [0.4, 0.5) is 21.9 Å². The number of anilines is 3. The van der Waals surface area contributed by atoms with E-state index in [4.69, 9.17) is 14.2 Å². The Morgan fingerprint density at radius 1 is 0.804 bits per heavy atom. The van der Waals surface area contributed by atoms with Crippen molar-refractivity contribution in [2.75, 3.05) is 50.8 Å². The number of hydrogen-bond acceptors (Lipinski definition) is 12. The van der Waals surface area contributed by atoms with Crippen molar-refractivity contribution in [1.82, 2.24) is 21.3 Å². The van der Waals surface area contributed by atoms with E-state index in [1.807, 2.05) is 48.5 Å². The molecule has 16 nitrogen and oxygen atoms in total. The summed E-state index contributed by atoms with van der Waals surface area (Å²) in [6.45, 7) is 7.17. The Balaban J connectivity index is 1.69. The average Bonchev–Trinajstić information content (AvgIpc) is 3.16. The number of nitrogens with zero attached hydrogens (tertiary/aromatic N) is 2. The van der Waals surface area contributed by atoms with Gasteiger partial charge in [0.05, 0.1) is 50.7 Å². The molecule has 0 unspecified atom stereocenters. The van der Waals surface area contributed by atoms with Gasteiger partial charge in [0.2, 0.25) is 23.6 Å². The zero-order chi connectivity index (χ0) is 41.2. The van der Waals surface area contributed by atoms with Crippen LogP contribution in [0.3, 0.4) is 0 Å². The molecule has 0 radical (unpaired) electrons. The monoisotopic (exact) mass is 792 g/mol. The Hall–Kier alpha value is -5.97. The highest BCUT2D eigenvalue weighted by atomic mass is 32.2. The fraction of sp³-hybridized carbons (Fsp3) is 0.385. The number of fused-ring (bicyclic) bond motifs is 2. The van der Waals surface area contributed by atoms with Crippen molar-refractivity contribution in [2.45, 2.75) is 69.1 Å². The van der Waals surface area contributed by atoms with Gasteiger partial charge in [-0.15, -0.1) is 0 Å². The Bertz CT molecular complexity index is 1950. The minimum absolute atomic E-state index is 0.0501. The molecule has 0 fully saturated rings. The van der Waals surface area contributed by atoms with E-state index < -0.39 is 60.4 Å². The van der Waals surface area contributed by atoms with Crippen molar-refractivity contribution in [2.24, 2.45) is 0 Å². The van der Waals surface area contributed by atoms with Gasteiger partial charge >= 0.3 is 12.1 Å². The first-order valence-electron chi connectivity index (χ1n) is 17.6. The lowest BCUT2D eigenvalue weighted by Crippen LogP contribution is -2.49. The quantitative estimate of drug-likeness (QED) is 0.163. The molecule has 5 amide bonds. The van der Waals surface area contributed by atoms with Gasteiger partial charge in [-0.05, 0) is 57.5 Å². The molecule has 56 heavy (non-hydrogen) atoms. The molecule has 0 saturated heterocycles. The van der Waals surface area contributed by atoms with Gasteiger partial charge in [-0.3, -0.25) is 28.9 Å². The van der Waals surface area contributed by atoms with Crippen LogP contribution in [0.15, 0.2) is 64.4 Å². The van der Waals surface area contributed by atoms with Crippen LogP contribution in [0.5, 0.6) is 11.5 Å². The molecule has 300 valence electrons. The minimum atomic E-state index is -1.01. The second-order valence-electron chi connectivity index (χ2n) is 13.6. The standard InChI is InChI=1S/C39H48N6O10S/c1-23(37(50)41-20-33(49)54-8)43-31(47)19-40-32(48)22-44(24(2)46)34-30(53-7)17-15-28-36(34)56-35-26(18-42-38(51)55-39(3,4)5)29(52-6)16-14-27(35)45(28)21-25-12-10-9-11-13-25/h9-17,23H,18-22H2,1-8H3,(H,40,48)(H,41,50)(H,42,51)(H,43,47)/t23-/m0/s1. The van der Waals surface area contributed by atoms with Gasteiger partial charge in [0, 0.05) is 23.9 Å². The van der Waals surface area contributed by atoms with E-state index in [1.54, 1.807) is 26.8 Å². The maximum atomic E-state index is 13.4. The lowest BCUT2D eigenvalue weighted by molar-refractivity contribution is -0.141. The fourth-order valence-electron chi connectivity index (χ4n) is 5.67. The van der Waals surface area contributed by atoms with Crippen LogP contribution in [-0.2, 0) is 46.5 Å². The maximum absolute atomic E-state index is 13.4. The first-order valence-corrected chi connectivity index (χ1v) is 18.4. The zero-order valence-electron chi connectivity index (χ0n) is 32.7. The molecule has 0 aromatic heterocycles. The number of benzene rings is 3. The van der Waals surface area contributed by atoms with Crippen molar-refractivity contribution < 1.29 is 47.7 Å². The highest BCUT2D eigenvalue weighted by Gasteiger charge is 2.34. The normalized spacial score (nSPS) is 12.2. The third-order valence-corrected chi connectivity index (χ3v) is 9.56. The first-order chi connectivity index (χ1) is 26.6. The predicted molar refractivity (Wildman–Crippen MR) is 209 cm³/mol. The molecule has 1 aliphatic heterocycles. The lowest BCUT2D eigenvalue weighted by atomic mass is 10.1. The molecule has 1 heterocycles. The minimum Gasteiger partial charge on any atom is -0.496 e. The smallest absolute Gasteiger partial charge is 0.407 e. The van der Waals surface area contributed by atoms with Crippen LogP contribution >= 0.6 is 11.8 Å². The average molecular weight is 793 g/mol. The molecule has 0 bridgehead atoms. The highest BCUT2D eigenvalue weighted by molar-refractivity contribution is 8.00. The van der Waals surface area contributed by atoms with Crippen LogP contribution in [0.25, 0.3) is 0 Å². The van der Waals surface area contributed by atoms with Gasteiger partial charge in [0.25, 0.3) is 0 Å². The van der Waals surface area contributed by atoms with E-state index in [-0.39, 0.29) is 13.1 Å². The zero-order valence-corrected chi connectivity index (χ0v) is 33.5. The molecule has 1 atom stereocenters. The number of methoxy groups -OCH3 is 3. The van der Waals surface area contributed by atoms with Gasteiger partial charge < -0.3 is 45.1 Å². The van der Waals surface area contributed by atoms with Crippen LogP contribution in [0, 0.1) is 0 Å². The van der Waals surface area contributed by atoms with Crippen LogP contribution in [0.2, 0.25) is 0 Å². The van der Waals surface area contributed by atoms with E-state index in [0.717, 1.165) is 21.8 Å². The molecule has 0 spiro atoms. The molecule has 0 aliphatic carbocycles. The van der Waals surface area contributed by atoms with Crippen molar-refractivity contribution >= 4 is 64.5 Å². The largest absolute Gasteiger partial charge is 0.496 e. The number of esters is 1. The fourth-order valence-corrected chi connectivity index (χ4v) is 7.04. The number of rotatable bonds is 15. The summed E-state index contributed by atoms with van der Waals surface area (Å²) in [5.41, 5.74) is 2.79. The molecule has 1 aliphatic rings. The summed E-state index contributed by atoms with van der Waals surface area (Å²) in [6.07, 6.45) is -0.611. The van der Waals surface area contributed by atoms with Gasteiger partial charge in [-0.2, -0.15) is 0 Å². The lowest BCUT2D eigenvalue weighted by Gasteiger charge is -2.37. The second-order valence-corrected chi connectivity index (χ2v) is 14.6. The number of ether oxygens (including phenoxy) is 4. The van der Waals surface area contributed by atoms with E-state index in [1.165, 1.54) is 51.8 Å². The van der Waals surface area contributed by atoms with Crippen molar-refractivity contribution in [3.8, 4) is 11.5 Å². The number of amides is 5. The summed E-state index contributed by atoms with van der Waals surface area (Å²) in [5, 5.41) is 10.1. The van der Waals surface area contributed by atoms with Gasteiger partial charge in [-0.1, -0.05) is 42.1 Å². The van der Waals surface area contributed by atoms with Gasteiger partial charge in [0.1, 0.15) is 41.9 Å². The molecule has 4 rings (SSSR count). The number of alkyl carbamates (subject to hydrolysis) is 1. The topological polar surface area (TPSA) is 194 Å². The van der Waals surface area contributed by atoms with Gasteiger partial charge in [-0.25, -0.2) is 4.79 Å². The van der Waals surface area contributed by atoms with E-state index in [2.05, 4.69) is 30.9 Å². The number of nitrogens with one attached hydrogen (secondary N) is 4. The van der Waals surface area contributed by atoms with E-state index >= 15 is 0 Å². The van der Waals surface area contributed by atoms with E-state index in [9.17, 15) is 28.8 Å². The molecule has 3 aromatic rings. The summed E-state index contributed by atoms with van der Waals surface area (Å²) >= 11 is 1.33. The summed E-state index contributed by atoms with van der Waals surface area (Å²) < 4.78 is 21.5.